The summed E-state index contributed by atoms with van der Waals surface area (Å²) in [7, 11) is 0. The first-order valence-electron chi connectivity index (χ1n) is 9.18. The summed E-state index contributed by atoms with van der Waals surface area (Å²) in [6.07, 6.45) is 2.09. The minimum absolute atomic E-state index is 0.0625. The number of aliphatic carboxylic acids is 1. The number of carboxylic acids is 1. The van der Waals surface area contributed by atoms with E-state index in [1.807, 2.05) is 44.2 Å². The van der Waals surface area contributed by atoms with Gasteiger partial charge in [0.15, 0.2) is 0 Å². The summed E-state index contributed by atoms with van der Waals surface area (Å²) in [5.41, 5.74) is 0.0431. The zero-order chi connectivity index (χ0) is 19.3. The fourth-order valence-corrected chi connectivity index (χ4v) is 3.78. The predicted octanol–water partition coefficient (Wildman–Crippen LogP) is 2.23. The lowest BCUT2D eigenvalue weighted by molar-refractivity contribution is -0.151. The van der Waals surface area contributed by atoms with Crippen molar-refractivity contribution in [3.8, 4) is 0 Å². The fourth-order valence-electron chi connectivity index (χ4n) is 3.78. The van der Waals surface area contributed by atoms with Crippen LogP contribution in [0.4, 0.5) is 0 Å². The van der Waals surface area contributed by atoms with Gasteiger partial charge in [0.2, 0.25) is 11.8 Å². The van der Waals surface area contributed by atoms with Crippen LogP contribution in [0.25, 0.3) is 0 Å². The highest BCUT2D eigenvalue weighted by Crippen LogP contribution is 2.34. The number of rotatable bonds is 8. The number of hydrogen-bond acceptors (Lipinski definition) is 3. The molecule has 0 aliphatic carbocycles. The van der Waals surface area contributed by atoms with Crippen LogP contribution in [0.1, 0.15) is 45.6 Å². The van der Waals surface area contributed by atoms with Crippen LogP contribution >= 0.6 is 0 Å². The molecular formula is C20H28N2O4. The van der Waals surface area contributed by atoms with Crippen LogP contribution < -0.4 is 5.32 Å². The Kier molecular flexibility index (Phi) is 6.40. The summed E-state index contributed by atoms with van der Waals surface area (Å²) >= 11 is 0. The molecule has 0 bridgehead atoms. The van der Waals surface area contributed by atoms with Gasteiger partial charge in [0.05, 0.1) is 0 Å². The van der Waals surface area contributed by atoms with E-state index < -0.39 is 17.6 Å². The Hall–Kier alpha value is -2.37. The minimum atomic E-state index is -1.00. The van der Waals surface area contributed by atoms with E-state index in [0.29, 0.717) is 25.8 Å². The normalized spacial score (nSPS) is 22.1. The molecule has 0 radical (unpaired) electrons. The van der Waals surface area contributed by atoms with Crippen LogP contribution in [0.3, 0.4) is 0 Å². The maximum Gasteiger partial charge on any atom is 0.326 e. The molecule has 0 spiro atoms. The lowest BCUT2D eigenvalue weighted by Crippen LogP contribution is -2.59. The number of nitrogens with one attached hydrogen (secondary N) is 1. The van der Waals surface area contributed by atoms with Gasteiger partial charge in [-0.3, -0.25) is 9.59 Å². The van der Waals surface area contributed by atoms with Crippen molar-refractivity contribution in [1.82, 2.24) is 10.2 Å². The lowest BCUT2D eigenvalue weighted by Gasteiger charge is -2.35. The third kappa shape index (κ3) is 4.06. The molecule has 142 valence electrons. The van der Waals surface area contributed by atoms with Gasteiger partial charge >= 0.3 is 5.97 Å². The largest absolute Gasteiger partial charge is 0.480 e. The first-order chi connectivity index (χ1) is 12.3. The van der Waals surface area contributed by atoms with Crippen LogP contribution in [0.15, 0.2) is 30.3 Å². The summed E-state index contributed by atoms with van der Waals surface area (Å²) in [4.78, 5) is 38.1. The van der Waals surface area contributed by atoms with Crippen molar-refractivity contribution >= 4 is 17.8 Å². The Bertz CT molecular complexity index is 661. The van der Waals surface area contributed by atoms with Crippen LogP contribution in [0.5, 0.6) is 0 Å². The molecule has 3 atom stereocenters. The van der Waals surface area contributed by atoms with E-state index in [-0.39, 0.29) is 17.7 Å². The first-order valence-corrected chi connectivity index (χ1v) is 9.18. The monoisotopic (exact) mass is 360 g/mol. The summed E-state index contributed by atoms with van der Waals surface area (Å²) in [6, 6.07) is 8.75. The van der Waals surface area contributed by atoms with E-state index in [1.165, 1.54) is 11.8 Å². The summed E-state index contributed by atoms with van der Waals surface area (Å²) < 4.78 is 0. The van der Waals surface area contributed by atoms with Crippen LogP contribution in [0, 0.1) is 5.92 Å². The van der Waals surface area contributed by atoms with Gasteiger partial charge in [-0.1, -0.05) is 50.6 Å². The molecule has 6 nitrogen and oxygen atoms in total. The van der Waals surface area contributed by atoms with E-state index in [2.05, 4.69) is 5.32 Å². The number of likely N-dealkylation sites (tertiary alicyclic amines) is 1. The molecule has 1 fully saturated rings. The molecule has 1 aromatic rings. The number of hydrogen-bond donors (Lipinski definition) is 2. The summed E-state index contributed by atoms with van der Waals surface area (Å²) in [6.45, 7) is 5.63. The van der Waals surface area contributed by atoms with Crippen molar-refractivity contribution in [2.24, 2.45) is 5.92 Å². The standard InChI is InChI=1S/C20H28N2O4/c1-4-14(2)20(21-15(3)23)12-13-22(19(20)26)17(18(24)25)11-10-16-8-6-5-7-9-16/h5-9,14,17H,4,10-13H2,1-3H3,(H,21,23)(H,24,25)/t14-,17?,20?/m0/s1. The van der Waals surface area contributed by atoms with E-state index in [4.69, 9.17) is 0 Å². The van der Waals surface area contributed by atoms with Gasteiger partial charge in [-0.15, -0.1) is 0 Å². The number of carbonyl (C=O) groups excluding carboxylic acids is 2. The second-order valence-corrected chi connectivity index (χ2v) is 7.09. The SMILES string of the molecule is CC[C@H](C)C1(NC(C)=O)CCN(C(CCc2ccccc2)C(=O)O)C1=O. The van der Waals surface area contributed by atoms with Gasteiger partial charge in [-0.05, 0) is 30.7 Å². The molecule has 2 rings (SSSR count). The molecule has 6 heteroatoms. The number of carbonyl (C=O) groups is 3. The second kappa shape index (κ2) is 8.34. The number of nitrogens with zero attached hydrogens (tertiary/aromatic N) is 1. The molecule has 1 aliphatic heterocycles. The maximum atomic E-state index is 13.2. The Labute approximate surface area is 154 Å². The lowest BCUT2D eigenvalue weighted by atomic mass is 9.81. The fraction of sp³-hybridized carbons (Fsp3) is 0.550. The molecular weight excluding hydrogens is 332 g/mol. The van der Waals surface area contributed by atoms with E-state index in [9.17, 15) is 19.5 Å². The quantitative estimate of drug-likeness (QED) is 0.744. The van der Waals surface area contributed by atoms with Crippen molar-refractivity contribution in [3.63, 3.8) is 0 Å². The zero-order valence-corrected chi connectivity index (χ0v) is 15.7. The second-order valence-electron chi connectivity index (χ2n) is 7.09. The van der Waals surface area contributed by atoms with Crippen molar-refractivity contribution in [3.05, 3.63) is 35.9 Å². The highest BCUT2D eigenvalue weighted by molar-refractivity contribution is 5.95. The van der Waals surface area contributed by atoms with Gasteiger partial charge in [0, 0.05) is 13.5 Å². The molecule has 0 aromatic heterocycles. The van der Waals surface area contributed by atoms with Crippen molar-refractivity contribution in [2.75, 3.05) is 6.54 Å². The minimum Gasteiger partial charge on any atom is -0.480 e. The maximum absolute atomic E-state index is 13.2. The number of carboxylic acid groups (broad SMARTS) is 1. The summed E-state index contributed by atoms with van der Waals surface area (Å²) in [5.74, 6) is -1.61. The molecule has 1 saturated heterocycles. The Morgan fingerprint density at radius 2 is 1.96 bits per heavy atom. The number of amides is 2. The molecule has 2 amide bonds. The molecule has 2 N–H and O–H groups in total. The van der Waals surface area contributed by atoms with Gasteiger partial charge in [0.25, 0.3) is 0 Å². The Morgan fingerprint density at radius 1 is 1.31 bits per heavy atom. The molecule has 26 heavy (non-hydrogen) atoms. The number of benzene rings is 1. The highest BCUT2D eigenvalue weighted by Gasteiger charge is 2.52. The van der Waals surface area contributed by atoms with Gasteiger partial charge in [0.1, 0.15) is 11.6 Å². The van der Waals surface area contributed by atoms with Crippen molar-refractivity contribution < 1.29 is 19.5 Å². The average molecular weight is 360 g/mol. The van der Waals surface area contributed by atoms with Crippen molar-refractivity contribution in [2.45, 2.75) is 58.0 Å². The Balaban J connectivity index is 2.20. The van der Waals surface area contributed by atoms with E-state index >= 15 is 0 Å². The first kappa shape index (κ1) is 19.9. The molecule has 1 aromatic carbocycles. The van der Waals surface area contributed by atoms with E-state index in [0.717, 1.165) is 12.0 Å². The Morgan fingerprint density at radius 3 is 2.50 bits per heavy atom. The molecule has 1 heterocycles. The third-order valence-corrected chi connectivity index (χ3v) is 5.45. The highest BCUT2D eigenvalue weighted by atomic mass is 16.4. The van der Waals surface area contributed by atoms with Gasteiger partial charge < -0.3 is 15.3 Å². The summed E-state index contributed by atoms with van der Waals surface area (Å²) in [5, 5.41) is 12.5. The van der Waals surface area contributed by atoms with Crippen LogP contribution in [0.2, 0.25) is 0 Å². The van der Waals surface area contributed by atoms with E-state index in [1.54, 1.807) is 0 Å². The third-order valence-electron chi connectivity index (χ3n) is 5.45. The molecule has 0 saturated carbocycles. The smallest absolute Gasteiger partial charge is 0.326 e. The zero-order valence-electron chi connectivity index (χ0n) is 15.7. The van der Waals surface area contributed by atoms with Crippen LogP contribution in [-0.2, 0) is 20.8 Å². The topological polar surface area (TPSA) is 86.7 Å². The number of aryl methyl sites for hydroxylation is 1. The van der Waals surface area contributed by atoms with Crippen LogP contribution in [-0.4, -0.2) is 45.9 Å². The van der Waals surface area contributed by atoms with Gasteiger partial charge in [-0.2, -0.15) is 0 Å². The average Bonchev–Trinajstić information content (AvgIpc) is 2.92. The van der Waals surface area contributed by atoms with Gasteiger partial charge in [-0.25, -0.2) is 4.79 Å². The molecule has 1 aliphatic rings. The van der Waals surface area contributed by atoms with Crippen molar-refractivity contribution in [1.29, 1.82) is 0 Å². The predicted molar refractivity (Wildman–Crippen MR) is 98.5 cm³/mol. The molecule has 2 unspecified atom stereocenters.